The van der Waals surface area contributed by atoms with Crippen LogP contribution in [0.2, 0.25) is 0 Å². The lowest BCUT2D eigenvalue weighted by Crippen LogP contribution is -2.15. The Kier molecular flexibility index (Phi) is 3.14. The number of fused-ring (bicyclic) bond motifs is 2. The number of hydrogen-bond donors (Lipinski definition) is 1. The zero-order chi connectivity index (χ0) is 14.3. The highest BCUT2D eigenvalue weighted by atomic mass is 16.6. The van der Waals surface area contributed by atoms with Gasteiger partial charge in [-0.2, -0.15) is 0 Å². The SMILES string of the molecule is C=C(C)Cn1c(C(C)N)nc2cc3c(cc21)OCCO3. The summed E-state index contributed by atoms with van der Waals surface area (Å²) in [6.07, 6.45) is 0. The number of hydrogen-bond acceptors (Lipinski definition) is 4. The van der Waals surface area contributed by atoms with E-state index in [1.807, 2.05) is 26.0 Å². The second-order valence-corrected chi connectivity index (χ2v) is 5.29. The van der Waals surface area contributed by atoms with E-state index in [0.29, 0.717) is 19.8 Å². The van der Waals surface area contributed by atoms with Gasteiger partial charge >= 0.3 is 0 Å². The Morgan fingerprint density at radius 1 is 1.40 bits per heavy atom. The maximum absolute atomic E-state index is 6.03. The van der Waals surface area contributed by atoms with Gasteiger partial charge in [-0.25, -0.2) is 4.98 Å². The van der Waals surface area contributed by atoms with E-state index in [-0.39, 0.29) is 6.04 Å². The quantitative estimate of drug-likeness (QED) is 0.872. The molecule has 5 nitrogen and oxygen atoms in total. The summed E-state index contributed by atoms with van der Waals surface area (Å²) in [5, 5.41) is 0. The second kappa shape index (κ2) is 4.83. The van der Waals surface area contributed by atoms with E-state index >= 15 is 0 Å². The Bertz CT molecular complexity index is 673. The molecular weight excluding hydrogens is 254 g/mol. The zero-order valence-corrected chi connectivity index (χ0v) is 11.8. The van der Waals surface area contributed by atoms with Gasteiger partial charge in [-0.15, -0.1) is 0 Å². The first-order valence-corrected chi connectivity index (χ1v) is 6.76. The normalized spacial score (nSPS) is 15.3. The number of ether oxygens (including phenoxy) is 2. The van der Waals surface area contributed by atoms with Gasteiger partial charge in [0.2, 0.25) is 0 Å². The number of nitrogens with zero attached hydrogens (tertiary/aromatic N) is 2. The van der Waals surface area contributed by atoms with Crippen LogP contribution in [0.25, 0.3) is 11.0 Å². The van der Waals surface area contributed by atoms with Crippen molar-refractivity contribution >= 4 is 11.0 Å². The van der Waals surface area contributed by atoms with E-state index < -0.39 is 0 Å². The zero-order valence-electron chi connectivity index (χ0n) is 11.8. The van der Waals surface area contributed by atoms with E-state index in [1.165, 1.54) is 0 Å². The predicted molar refractivity (Wildman–Crippen MR) is 78.1 cm³/mol. The highest BCUT2D eigenvalue weighted by Gasteiger charge is 2.19. The van der Waals surface area contributed by atoms with Crippen molar-refractivity contribution < 1.29 is 9.47 Å². The largest absolute Gasteiger partial charge is 0.486 e. The van der Waals surface area contributed by atoms with Crippen LogP contribution in [0.5, 0.6) is 11.5 Å². The lowest BCUT2D eigenvalue weighted by molar-refractivity contribution is 0.172. The van der Waals surface area contributed by atoms with Crippen molar-refractivity contribution in [3.63, 3.8) is 0 Å². The van der Waals surface area contributed by atoms with Crippen molar-refractivity contribution in [3.8, 4) is 11.5 Å². The summed E-state index contributed by atoms with van der Waals surface area (Å²) in [6, 6.07) is 3.76. The fraction of sp³-hybridized carbons (Fsp3) is 0.400. The maximum atomic E-state index is 6.03. The van der Waals surface area contributed by atoms with Crippen LogP contribution in [0.15, 0.2) is 24.3 Å². The molecule has 5 heteroatoms. The van der Waals surface area contributed by atoms with E-state index in [4.69, 9.17) is 15.2 Å². The molecule has 1 atom stereocenters. The standard InChI is InChI=1S/C15H19N3O2/c1-9(2)8-18-12-7-14-13(19-4-5-20-14)6-11(12)17-15(18)10(3)16/h6-7,10H,1,4-5,8,16H2,2-3H3. The van der Waals surface area contributed by atoms with E-state index in [9.17, 15) is 0 Å². The van der Waals surface area contributed by atoms with E-state index in [0.717, 1.165) is 33.9 Å². The van der Waals surface area contributed by atoms with Gasteiger partial charge in [0.05, 0.1) is 17.1 Å². The number of benzene rings is 1. The van der Waals surface area contributed by atoms with Gasteiger partial charge in [0, 0.05) is 18.7 Å². The molecule has 1 aromatic carbocycles. The minimum Gasteiger partial charge on any atom is -0.486 e. The molecule has 2 heterocycles. The molecule has 2 N–H and O–H groups in total. The molecule has 2 aromatic rings. The molecule has 20 heavy (non-hydrogen) atoms. The second-order valence-electron chi connectivity index (χ2n) is 5.29. The molecule has 0 spiro atoms. The van der Waals surface area contributed by atoms with Crippen molar-refractivity contribution in [1.82, 2.24) is 9.55 Å². The highest BCUT2D eigenvalue weighted by molar-refractivity contribution is 5.81. The Morgan fingerprint density at radius 3 is 2.65 bits per heavy atom. The molecule has 0 amide bonds. The molecule has 1 unspecified atom stereocenters. The van der Waals surface area contributed by atoms with Crippen molar-refractivity contribution in [1.29, 1.82) is 0 Å². The van der Waals surface area contributed by atoms with Crippen LogP contribution in [0.3, 0.4) is 0 Å². The first kappa shape index (κ1) is 13.0. The average Bonchev–Trinajstić information content (AvgIpc) is 2.74. The number of rotatable bonds is 3. The maximum Gasteiger partial charge on any atom is 0.163 e. The summed E-state index contributed by atoms with van der Waals surface area (Å²) in [4.78, 5) is 4.63. The highest BCUT2D eigenvalue weighted by Crippen LogP contribution is 2.35. The van der Waals surface area contributed by atoms with Gasteiger partial charge in [-0.1, -0.05) is 12.2 Å². The molecular formula is C15H19N3O2. The fourth-order valence-corrected chi connectivity index (χ4v) is 2.46. The van der Waals surface area contributed by atoms with Gasteiger partial charge in [-0.3, -0.25) is 0 Å². The molecule has 1 aromatic heterocycles. The van der Waals surface area contributed by atoms with Gasteiger partial charge in [0.25, 0.3) is 0 Å². The number of aromatic nitrogens is 2. The lowest BCUT2D eigenvalue weighted by atomic mass is 10.2. The topological polar surface area (TPSA) is 62.3 Å². The van der Waals surface area contributed by atoms with Crippen LogP contribution in [0.4, 0.5) is 0 Å². The minimum absolute atomic E-state index is 0.138. The first-order chi connectivity index (χ1) is 9.56. The third-order valence-electron chi connectivity index (χ3n) is 3.28. The van der Waals surface area contributed by atoms with Crippen LogP contribution < -0.4 is 15.2 Å². The molecule has 0 aliphatic carbocycles. The number of allylic oxidation sites excluding steroid dienone is 1. The molecule has 0 saturated carbocycles. The molecule has 0 bridgehead atoms. The van der Waals surface area contributed by atoms with Crippen LogP contribution in [0.1, 0.15) is 25.7 Å². The average molecular weight is 273 g/mol. The van der Waals surface area contributed by atoms with Crippen LogP contribution in [0, 0.1) is 0 Å². The summed E-state index contributed by atoms with van der Waals surface area (Å²) in [5.41, 5.74) is 8.97. The third kappa shape index (κ3) is 2.14. The van der Waals surface area contributed by atoms with Crippen LogP contribution in [-0.2, 0) is 6.54 Å². The summed E-state index contributed by atoms with van der Waals surface area (Å²) < 4.78 is 13.3. The Labute approximate surface area is 118 Å². The summed E-state index contributed by atoms with van der Waals surface area (Å²) in [7, 11) is 0. The summed E-state index contributed by atoms with van der Waals surface area (Å²) >= 11 is 0. The van der Waals surface area contributed by atoms with Gasteiger partial charge < -0.3 is 19.8 Å². The van der Waals surface area contributed by atoms with Gasteiger partial charge in [-0.05, 0) is 13.8 Å². The molecule has 1 aliphatic rings. The smallest absolute Gasteiger partial charge is 0.163 e. The fourth-order valence-electron chi connectivity index (χ4n) is 2.46. The molecule has 1 aliphatic heterocycles. The first-order valence-electron chi connectivity index (χ1n) is 6.76. The van der Waals surface area contributed by atoms with Crippen molar-refractivity contribution in [2.75, 3.05) is 13.2 Å². The monoisotopic (exact) mass is 273 g/mol. The van der Waals surface area contributed by atoms with E-state index in [2.05, 4.69) is 16.1 Å². The van der Waals surface area contributed by atoms with Crippen LogP contribution >= 0.6 is 0 Å². The molecule has 0 fully saturated rings. The van der Waals surface area contributed by atoms with Crippen molar-refractivity contribution in [2.45, 2.75) is 26.4 Å². The number of nitrogens with two attached hydrogens (primary N) is 1. The predicted octanol–water partition coefficient (Wildman–Crippen LogP) is 2.40. The minimum atomic E-state index is -0.138. The Morgan fingerprint density at radius 2 is 2.05 bits per heavy atom. The Balaban J connectivity index is 2.21. The molecule has 3 rings (SSSR count). The van der Waals surface area contributed by atoms with Crippen molar-refractivity contribution in [2.24, 2.45) is 5.73 Å². The Hall–Kier alpha value is -2.01. The number of imidazole rings is 1. The summed E-state index contributed by atoms with van der Waals surface area (Å²) in [5.74, 6) is 2.37. The summed E-state index contributed by atoms with van der Waals surface area (Å²) in [6.45, 7) is 9.76. The lowest BCUT2D eigenvalue weighted by Gasteiger charge is -2.18. The molecule has 0 saturated heterocycles. The van der Waals surface area contributed by atoms with Gasteiger partial charge in [0.15, 0.2) is 11.5 Å². The molecule has 0 radical (unpaired) electrons. The van der Waals surface area contributed by atoms with Crippen molar-refractivity contribution in [3.05, 3.63) is 30.1 Å². The van der Waals surface area contributed by atoms with Gasteiger partial charge in [0.1, 0.15) is 19.0 Å². The van der Waals surface area contributed by atoms with Crippen LogP contribution in [-0.4, -0.2) is 22.8 Å². The molecule has 106 valence electrons. The third-order valence-corrected chi connectivity index (χ3v) is 3.28. The van der Waals surface area contributed by atoms with E-state index in [1.54, 1.807) is 0 Å².